The largest absolute Gasteiger partial charge is 0.448 e. The molecule has 9 heteroatoms. The predicted molar refractivity (Wildman–Crippen MR) is 144 cm³/mol. The summed E-state index contributed by atoms with van der Waals surface area (Å²) in [6, 6.07) is 18.6. The molecule has 0 fully saturated rings. The average Bonchev–Trinajstić information content (AvgIpc) is 2.87. The second kappa shape index (κ2) is 10.7. The third-order valence-electron chi connectivity index (χ3n) is 5.73. The number of nitrogens with one attached hydrogen (secondary N) is 1. The molecule has 4 rings (SSSR count). The molecule has 0 saturated heterocycles. The number of esters is 1. The van der Waals surface area contributed by atoms with Gasteiger partial charge in [-0.05, 0) is 53.8 Å². The molecule has 0 spiro atoms. The van der Waals surface area contributed by atoms with Crippen LogP contribution in [0.1, 0.15) is 23.8 Å². The van der Waals surface area contributed by atoms with Crippen molar-refractivity contribution in [2.45, 2.75) is 19.4 Å². The Kier molecular flexibility index (Phi) is 7.69. The third-order valence-corrected chi connectivity index (χ3v) is 6.55. The maximum absolute atomic E-state index is 13.5. The van der Waals surface area contributed by atoms with E-state index in [1.165, 1.54) is 17.7 Å². The Labute approximate surface area is 222 Å². The van der Waals surface area contributed by atoms with Crippen LogP contribution in [0.3, 0.4) is 0 Å². The number of fused-ring (bicyclic) bond motifs is 1. The van der Waals surface area contributed by atoms with Crippen LogP contribution in [-0.4, -0.2) is 22.5 Å². The van der Waals surface area contributed by atoms with Crippen molar-refractivity contribution in [2.24, 2.45) is 7.05 Å². The van der Waals surface area contributed by atoms with Crippen LogP contribution in [0, 0.1) is 0 Å². The molecule has 1 amide bonds. The van der Waals surface area contributed by atoms with Gasteiger partial charge >= 0.3 is 5.97 Å². The number of hydrogen-bond acceptors (Lipinski definition) is 4. The summed E-state index contributed by atoms with van der Waals surface area (Å²) >= 11 is 18.2. The van der Waals surface area contributed by atoms with Crippen molar-refractivity contribution in [3.63, 3.8) is 0 Å². The van der Waals surface area contributed by atoms with Crippen LogP contribution >= 0.6 is 34.8 Å². The second-order valence-electron chi connectivity index (χ2n) is 8.06. The summed E-state index contributed by atoms with van der Waals surface area (Å²) < 4.78 is 6.89. The van der Waals surface area contributed by atoms with E-state index in [-0.39, 0.29) is 22.7 Å². The molecule has 1 unspecified atom stereocenters. The third kappa shape index (κ3) is 5.12. The Morgan fingerprint density at radius 2 is 1.58 bits per heavy atom. The van der Waals surface area contributed by atoms with Gasteiger partial charge in [-0.15, -0.1) is 0 Å². The molecule has 0 radical (unpaired) electrons. The van der Waals surface area contributed by atoms with Crippen molar-refractivity contribution in [3.8, 4) is 11.1 Å². The van der Waals surface area contributed by atoms with Crippen LogP contribution in [0.25, 0.3) is 21.9 Å². The molecule has 3 aromatic carbocycles. The molecule has 0 aliphatic rings. The van der Waals surface area contributed by atoms with Gasteiger partial charge in [0.25, 0.3) is 11.5 Å². The number of ether oxygens (including phenoxy) is 1. The minimum Gasteiger partial charge on any atom is -0.448 e. The highest BCUT2D eigenvalue weighted by molar-refractivity contribution is 6.35. The predicted octanol–water partition coefficient (Wildman–Crippen LogP) is 6.74. The Morgan fingerprint density at radius 3 is 2.25 bits per heavy atom. The number of hydrogen-bond donors (Lipinski definition) is 1. The Balaban J connectivity index is 1.76. The van der Waals surface area contributed by atoms with Crippen molar-refractivity contribution in [2.75, 3.05) is 5.32 Å². The number of carbonyl (C=O) groups is 2. The first-order valence-electron chi connectivity index (χ1n) is 11.1. The van der Waals surface area contributed by atoms with Crippen LogP contribution in [-0.2, 0) is 16.6 Å². The molecule has 1 heterocycles. The summed E-state index contributed by atoms with van der Waals surface area (Å²) in [6.07, 6.45) is -0.958. The fourth-order valence-electron chi connectivity index (χ4n) is 3.93. The number of benzene rings is 3. The van der Waals surface area contributed by atoms with E-state index in [0.29, 0.717) is 37.6 Å². The van der Waals surface area contributed by atoms with Crippen LogP contribution in [0.2, 0.25) is 15.1 Å². The fraction of sp³-hybridized carbons (Fsp3) is 0.148. The van der Waals surface area contributed by atoms with Gasteiger partial charge in [-0.1, -0.05) is 72.1 Å². The highest BCUT2D eigenvalue weighted by Crippen LogP contribution is 2.32. The van der Waals surface area contributed by atoms with Crippen LogP contribution in [0.4, 0.5) is 5.69 Å². The summed E-state index contributed by atoms with van der Waals surface area (Å²) in [5, 5.41) is 4.88. The van der Waals surface area contributed by atoms with Crippen LogP contribution in [0.5, 0.6) is 0 Å². The molecule has 184 valence electrons. The van der Waals surface area contributed by atoms with Gasteiger partial charge in [0.15, 0.2) is 6.10 Å². The number of rotatable bonds is 6. The highest BCUT2D eigenvalue weighted by Gasteiger charge is 2.28. The molecular weight excluding hydrogens is 523 g/mol. The van der Waals surface area contributed by atoms with Crippen LogP contribution in [0.15, 0.2) is 71.5 Å². The Bertz CT molecular complexity index is 1530. The van der Waals surface area contributed by atoms with Gasteiger partial charge in [0.05, 0.1) is 10.7 Å². The quantitative estimate of drug-likeness (QED) is 0.273. The molecule has 6 nitrogen and oxygen atoms in total. The number of halogens is 3. The lowest BCUT2D eigenvalue weighted by atomic mass is 9.96. The SMILES string of the molecule is CCC(OC(=O)c1c(-c2ccc(Cl)cc2)c2ccccc2c(=O)n1C)C(=O)Nc1cc(Cl)ccc1Cl. The van der Waals surface area contributed by atoms with E-state index in [9.17, 15) is 14.4 Å². The van der Waals surface area contributed by atoms with Crippen molar-refractivity contribution < 1.29 is 14.3 Å². The number of anilines is 1. The molecule has 1 aromatic heterocycles. The van der Waals surface area contributed by atoms with Crippen molar-refractivity contribution in [1.82, 2.24) is 4.57 Å². The van der Waals surface area contributed by atoms with Gasteiger partial charge in [0, 0.05) is 28.0 Å². The van der Waals surface area contributed by atoms with Gasteiger partial charge in [0.2, 0.25) is 0 Å². The van der Waals surface area contributed by atoms with Gasteiger partial charge < -0.3 is 14.6 Å². The Hall–Kier alpha value is -3.32. The number of aromatic nitrogens is 1. The van der Waals surface area contributed by atoms with Gasteiger partial charge in [0.1, 0.15) is 5.69 Å². The zero-order chi connectivity index (χ0) is 26.0. The zero-order valence-corrected chi connectivity index (χ0v) is 21.6. The second-order valence-corrected chi connectivity index (χ2v) is 9.34. The minimum absolute atomic E-state index is 0.0214. The topological polar surface area (TPSA) is 77.4 Å². The smallest absolute Gasteiger partial charge is 0.356 e. The van der Waals surface area contributed by atoms with E-state index < -0.39 is 18.0 Å². The minimum atomic E-state index is -1.15. The number of pyridine rings is 1. The van der Waals surface area contributed by atoms with Crippen molar-refractivity contribution >= 4 is 63.1 Å². The summed E-state index contributed by atoms with van der Waals surface area (Å²) in [7, 11) is 1.50. The molecule has 36 heavy (non-hydrogen) atoms. The molecular formula is C27H21Cl3N2O4. The highest BCUT2D eigenvalue weighted by atomic mass is 35.5. The lowest BCUT2D eigenvalue weighted by molar-refractivity contribution is -0.124. The van der Waals surface area contributed by atoms with Gasteiger partial charge in [-0.25, -0.2) is 4.79 Å². The molecule has 1 atom stereocenters. The van der Waals surface area contributed by atoms with Crippen molar-refractivity contribution in [3.05, 3.63) is 97.8 Å². The van der Waals surface area contributed by atoms with Crippen molar-refractivity contribution in [1.29, 1.82) is 0 Å². The summed E-state index contributed by atoms with van der Waals surface area (Å²) in [5.41, 5.74) is 1.12. The van der Waals surface area contributed by atoms with E-state index in [0.717, 1.165) is 0 Å². The fourth-order valence-corrected chi connectivity index (χ4v) is 4.39. The number of carbonyl (C=O) groups excluding carboxylic acids is 2. The van der Waals surface area contributed by atoms with Crippen LogP contribution < -0.4 is 10.9 Å². The first-order chi connectivity index (χ1) is 17.2. The first-order valence-corrected chi connectivity index (χ1v) is 12.2. The molecule has 1 N–H and O–H groups in total. The molecule has 0 aliphatic heterocycles. The maximum atomic E-state index is 13.5. The number of nitrogens with zero attached hydrogens (tertiary/aromatic N) is 1. The lowest BCUT2D eigenvalue weighted by Crippen LogP contribution is -2.34. The van der Waals surface area contributed by atoms with E-state index in [4.69, 9.17) is 39.5 Å². The zero-order valence-electron chi connectivity index (χ0n) is 19.3. The van der Waals surface area contributed by atoms with E-state index in [1.54, 1.807) is 67.6 Å². The molecule has 0 aliphatic carbocycles. The molecule has 0 saturated carbocycles. The standard InChI is InChI=1S/C27H21Cl3N2O4/c1-3-22(25(33)31-21-14-17(29)12-13-20(21)30)36-27(35)24-23(15-8-10-16(28)11-9-15)18-6-4-5-7-19(18)26(34)32(24)2/h4-14,22H,3H2,1-2H3,(H,31,33). The van der Waals surface area contributed by atoms with E-state index >= 15 is 0 Å². The molecule has 4 aromatic rings. The summed E-state index contributed by atoms with van der Waals surface area (Å²) in [5.74, 6) is -1.39. The average molecular weight is 544 g/mol. The monoisotopic (exact) mass is 542 g/mol. The van der Waals surface area contributed by atoms with E-state index in [1.807, 2.05) is 0 Å². The molecule has 0 bridgehead atoms. The Morgan fingerprint density at radius 1 is 0.944 bits per heavy atom. The van der Waals surface area contributed by atoms with E-state index in [2.05, 4.69) is 5.32 Å². The van der Waals surface area contributed by atoms with Gasteiger partial charge in [-0.2, -0.15) is 0 Å². The number of amides is 1. The van der Waals surface area contributed by atoms with Gasteiger partial charge in [-0.3, -0.25) is 9.59 Å². The lowest BCUT2D eigenvalue weighted by Gasteiger charge is -2.20. The normalized spacial score (nSPS) is 11.8. The summed E-state index contributed by atoms with van der Waals surface area (Å²) in [4.78, 5) is 39.6. The maximum Gasteiger partial charge on any atom is 0.356 e. The first kappa shape index (κ1) is 25.8. The summed E-state index contributed by atoms with van der Waals surface area (Å²) in [6.45, 7) is 1.70.